The summed E-state index contributed by atoms with van der Waals surface area (Å²) in [6.45, 7) is 2.30. The lowest BCUT2D eigenvalue weighted by atomic mass is 9.77. The number of hydrogen-bond acceptors (Lipinski definition) is 0. The van der Waals surface area contributed by atoms with E-state index in [2.05, 4.69) is 68.3 Å². The molecule has 1 saturated carbocycles. The lowest BCUT2D eigenvalue weighted by Crippen LogP contribution is -2.13. The smallest absolute Gasteiger partial charge is 0.296 e. The maximum atomic E-state index is 3.65. The third-order valence-corrected chi connectivity index (χ3v) is 8.61. The Kier molecular flexibility index (Phi) is 7.88. The van der Waals surface area contributed by atoms with Gasteiger partial charge in [-0.15, -0.1) is 0 Å². The predicted molar refractivity (Wildman–Crippen MR) is 115 cm³/mol. The van der Waals surface area contributed by atoms with Crippen LogP contribution in [0.3, 0.4) is 0 Å². The van der Waals surface area contributed by atoms with Crippen LogP contribution in [0.5, 0.6) is 0 Å². The maximum absolute atomic E-state index is 3.65. The second kappa shape index (κ2) is 10.1. The quantitative estimate of drug-likeness (QED) is 0.346. The van der Waals surface area contributed by atoms with Crippen molar-refractivity contribution in [3.05, 3.63) is 54.1 Å². The van der Waals surface area contributed by atoms with E-state index in [4.69, 9.17) is 0 Å². The van der Waals surface area contributed by atoms with Crippen molar-refractivity contribution < 1.29 is 0 Å². The Morgan fingerprint density at radius 1 is 0.840 bits per heavy atom. The van der Waals surface area contributed by atoms with Crippen molar-refractivity contribution in [2.45, 2.75) is 64.2 Å². The van der Waals surface area contributed by atoms with Gasteiger partial charge in [0.25, 0.3) is 0 Å². The van der Waals surface area contributed by atoms with Crippen molar-refractivity contribution in [3.63, 3.8) is 0 Å². The summed E-state index contributed by atoms with van der Waals surface area (Å²) < 4.78 is 1.47. The summed E-state index contributed by atoms with van der Waals surface area (Å²) in [5.41, 5.74) is 4.24. The van der Waals surface area contributed by atoms with E-state index in [1.54, 1.807) is 5.56 Å². The highest BCUT2D eigenvalue weighted by molar-refractivity contribution is 9.23. The first kappa shape index (κ1) is 19.4. The second-order valence-corrected chi connectivity index (χ2v) is 10.4. The molecule has 1 aliphatic rings. The number of halogens is 1. The van der Waals surface area contributed by atoms with Crippen molar-refractivity contribution in [3.8, 4) is 11.1 Å². The van der Waals surface area contributed by atoms with Crippen LogP contribution in [-0.2, 0) is 0 Å². The van der Waals surface area contributed by atoms with Crippen molar-refractivity contribution in [2.24, 2.45) is 5.92 Å². The number of hydrogen-bond donors (Lipinski definition) is 0. The minimum Gasteiger partial charge on any atom is -0.296 e. The van der Waals surface area contributed by atoms with Crippen LogP contribution in [0.2, 0.25) is 0 Å². The first-order valence-corrected chi connectivity index (χ1v) is 14.7. The van der Waals surface area contributed by atoms with E-state index in [0.717, 1.165) is 11.8 Å². The Hall–Kier alpha value is -0.314. The fraction of sp³-hybridized carbons (Fsp3) is 0.478. The summed E-state index contributed by atoms with van der Waals surface area (Å²) in [6.07, 6.45) is 11.3. The average molecular weight is 410 g/mol. The van der Waals surface area contributed by atoms with Crippen molar-refractivity contribution in [1.29, 1.82) is 0 Å². The van der Waals surface area contributed by atoms with E-state index in [-0.39, 0.29) is 18.2 Å². The van der Waals surface area contributed by atoms with E-state index < -0.39 is 0 Å². The van der Waals surface area contributed by atoms with Crippen molar-refractivity contribution >= 4 is 34.8 Å². The highest BCUT2D eigenvalue weighted by Gasteiger charge is 2.21. The van der Waals surface area contributed by atoms with E-state index in [9.17, 15) is 0 Å². The van der Waals surface area contributed by atoms with Crippen LogP contribution in [0.1, 0.15) is 69.8 Å². The van der Waals surface area contributed by atoms with Crippen molar-refractivity contribution in [2.75, 3.05) is 0 Å². The molecule has 0 N–H and O–H groups in total. The SMILES string of the molecule is CCCCCC1CCC(c2ccc(-c3cc[c]([Mg][Br])cc3)cc2)CC1. The van der Waals surface area contributed by atoms with Crippen molar-refractivity contribution in [1.82, 2.24) is 0 Å². The van der Waals surface area contributed by atoms with Gasteiger partial charge in [0.15, 0.2) is 0 Å². The summed E-state index contributed by atoms with van der Waals surface area (Å²) in [5.74, 6) is 1.79. The van der Waals surface area contributed by atoms with Gasteiger partial charge < -0.3 is 0 Å². The van der Waals surface area contributed by atoms with Gasteiger partial charge >= 0.3 is 18.2 Å². The van der Waals surface area contributed by atoms with Crippen LogP contribution in [0.15, 0.2) is 48.5 Å². The molecule has 0 atom stereocenters. The molecule has 2 aromatic rings. The van der Waals surface area contributed by atoms with Gasteiger partial charge in [-0.25, -0.2) is 0 Å². The molecule has 0 aromatic heterocycles. The van der Waals surface area contributed by atoms with Crippen LogP contribution in [0, 0.1) is 5.92 Å². The van der Waals surface area contributed by atoms with Gasteiger partial charge in [0, 0.05) is 0 Å². The topological polar surface area (TPSA) is 0 Å². The molecule has 1 fully saturated rings. The fourth-order valence-corrected chi connectivity index (χ4v) is 5.74. The van der Waals surface area contributed by atoms with Crippen LogP contribution in [0.25, 0.3) is 11.1 Å². The van der Waals surface area contributed by atoms with Crippen LogP contribution >= 0.6 is 12.9 Å². The van der Waals surface area contributed by atoms with Gasteiger partial charge in [0.1, 0.15) is 0 Å². The van der Waals surface area contributed by atoms with Gasteiger partial charge in [-0.1, -0.05) is 81.1 Å². The molecule has 0 aliphatic heterocycles. The minimum atomic E-state index is -0.224. The van der Waals surface area contributed by atoms with Crippen LogP contribution < -0.4 is 3.69 Å². The van der Waals surface area contributed by atoms with Gasteiger partial charge in [-0.05, 0) is 54.2 Å². The Morgan fingerprint density at radius 3 is 2.00 bits per heavy atom. The molecule has 0 radical (unpaired) electrons. The largest absolute Gasteiger partial charge is 0.506 e. The zero-order valence-corrected chi connectivity index (χ0v) is 18.5. The molecule has 2 aromatic carbocycles. The summed E-state index contributed by atoms with van der Waals surface area (Å²) in [5, 5.41) is 0. The molecule has 1 aliphatic carbocycles. The Morgan fingerprint density at radius 2 is 1.44 bits per heavy atom. The van der Waals surface area contributed by atoms with Gasteiger partial charge in [-0.2, -0.15) is 3.69 Å². The lowest BCUT2D eigenvalue weighted by molar-refractivity contribution is 0.303. The van der Waals surface area contributed by atoms with E-state index in [1.807, 2.05) is 0 Å². The molecule has 2 heteroatoms. The Labute approximate surface area is 169 Å². The highest BCUT2D eigenvalue weighted by atomic mass is 79.9. The molecule has 0 unspecified atom stereocenters. The molecule has 0 heterocycles. The fourth-order valence-electron chi connectivity index (χ4n) is 4.20. The molecule has 0 nitrogen and oxygen atoms in total. The minimum absolute atomic E-state index is 0.224. The summed E-state index contributed by atoms with van der Waals surface area (Å²) in [4.78, 5) is 0. The molecule has 0 saturated heterocycles. The molecule has 25 heavy (non-hydrogen) atoms. The second-order valence-electron chi connectivity index (χ2n) is 7.67. The van der Waals surface area contributed by atoms with Gasteiger partial charge in [0.05, 0.1) is 0 Å². The zero-order chi connectivity index (χ0) is 17.5. The van der Waals surface area contributed by atoms with Gasteiger partial charge in [0.2, 0.25) is 0 Å². The molecular formula is C23H29BrMg. The first-order valence-electron chi connectivity index (χ1n) is 10.1. The van der Waals surface area contributed by atoms with Crippen LogP contribution in [0.4, 0.5) is 0 Å². The van der Waals surface area contributed by atoms with E-state index in [0.29, 0.717) is 0 Å². The monoisotopic (exact) mass is 408 g/mol. The molecule has 0 amide bonds. The molecule has 130 valence electrons. The Balaban J connectivity index is 1.56. The van der Waals surface area contributed by atoms with E-state index in [1.165, 1.54) is 66.2 Å². The molecular weight excluding hydrogens is 380 g/mol. The average Bonchev–Trinajstić information content (AvgIpc) is 2.69. The van der Waals surface area contributed by atoms with E-state index >= 15 is 0 Å². The standard InChI is InChI=1S/C23H29.BrH.Mg/c1-2-3-5-8-19-11-13-21(14-12-19)23-17-15-22(16-18-23)20-9-6-4-7-10-20;;/h6-7,9-10,15-19,21H,2-3,5,8,11-14H2,1H3;1H;/q;;+1/p-1. The predicted octanol–water partition coefficient (Wildman–Crippen LogP) is 6.85. The van der Waals surface area contributed by atoms with Gasteiger partial charge in [-0.3, -0.25) is 12.9 Å². The third kappa shape index (κ3) is 5.58. The maximum Gasteiger partial charge on any atom is 0.506 e. The third-order valence-electron chi connectivity index (χ3n) is 5.89. The number of rotatable bonds is 7. The number of unbranched alkanes of at least 4 members (excludes halogenated alkanes) is 2. The number of benzene rings is 2. The first-order chi connectivity index (χ1) is 12.3. The summed E-state index contributed by atoms with van der Waals surface area (Å²) >= 11 is 3.43. The Bertz CT molecular complexity index is 624. The zero-order valence-electron chi connectivity index (χ0n) is 15.5. The normalized spacial score (nSPS) is 20.2. The molecule has 0 bridgehead atoms. The molecule has 3 rings (SSSR count). The van der Waals surface area contributed by atoms with Crippen LogP contribution in [-0.4, -0.2) is 18.2 Å². The summed E-state index contributed by atoms with van der Waals surface area (Å²) in [6, 6.07) is 18.5. The molecule has 0 spiro atoms. The summed E-state index contributed by atoms with van der Waals surface area (Å²) in [7, 11) is 0. The lowest BCUT2D eigenvalue weighted by Gasteiger charge is -2.29. The highest BCUT2D eigenvalue weighted by Crippen LogP contribution is 2.38.